The van der Waals surface area contributed by atoms with Crippen molar-refractivity contribution >= 4 is 17.4 Å². The lowest BCUT2D eigenvalue weighted by Crippen LogP contribution is -2.16. The zero-order valence-corrected chi connectivity index (χ0v) is 7.94. The highest BCUT2D eigenvalue weighted by Gasteiger charge is 2.01. The fraction of sp³-hybridized carbons (Fsp3) is 0.222. The molecule has 0 aromatic heterocycles. The van der Waals surface area contributed by atoms with Crippen LogP contribution in [0.3, 0.4) is 0 Å². The quantitative estimate of drug-likeness (QED) is 0.672. The van der Waals surface area contributed by atoms with E-state index in [1.807, 2.05) is 32.0 Å². The van der Waals surface area contributed by atoms with E-state index in [2.05, 4.69) is 12.2 Å². The number of nitrogens with two attached hydrogens (primary N) is 1. The molecule has 0 bridgehead atoms. The maximum Gasteiger partial charge on any atom is 0.259 e. The Kier molecular flexibility index (Phi) is 2.65. The molecule has 0 spiro atoms. The number of aryl methyl sites for hydroxylation is 1. The van der Waals surface area contributed by atoms with E-state index in [9.17, 15) is 0 Å². The van der Waals surface area contributed by atoms with Crippen molar-refractivity contribution in [2.75, 3.05) is 0 Å². The van der Waals surface area contributed by atoms with Gasteiger partial charge >= 0.3 is 0 Å². The Hall–Kier alpha value is -1.09. The number of rotatable bonds is 1. The van der Waals surface area contributed by atoms with Gasteiger partial charge in [0, 0.05) is 0 Å². The summed E-state index contributed by atoms with van der Waals surface area (Å²) in [6.45, 7) is 3.99. The van der Waals surface area contributed by atoms with Crippen molar-refractivity contribution in [1.82, 2.24) is 0 Å². The summed E-state index contributed by atoms with van der Waals surface area (Å²) in [5.74, 6) is 0.738. The molecule has 0 fully saturated rings. The molecule has 1 aromatic carbocycles. The highest BCUT2D eigenvalue weighted by Crippen LogP contribution is 2.20. The van der Waals surface area contributed by atoms with E-state index < -0.39 is 0 Å². The molecule has 0 saturated carbocycles. The van der Waals surface area contributed by atoms with Gasteiger partial charge in [0.05, 0.1) is 0 Å². The van der Waals surface area contributed by atoms with Crippen molar-refractivity contribution in [3.63, 3.8) is 0 Å². The van der Waals surface area contributed by atoms with Gasteiger partial charge in [0.2, 0.25) is 0 Å². The molecular weight excluding hydrogens is 170 g/mol. The molecular formula is C9H11NOS. The third-order valence-corrected chi connectivity index (χ3v) is 1.85. The maximum absolute atomic E-state index is 5.25. The predicted octanol–water partition coefficient (Wildman–Crippen LogP) is 1.93. The van der Waals surface area contributed by atoms with Gasteiger partial charge in [-0.25, -0.2) is 0 Å². The highest BCUT2D eigenvalue weighted by atomic mass is 32.1. The van der Waals surface area contributed by atoms with Crippen LogP contribution in [0.25, 0.3) is 0 Å². The summed E-state index contributed by atoms with van der Waals surface area (Å²) in [7, 11) is 0. The average Bonchev–Trinajstić information content (AvgIpc) is 1.98. The Morgan fingerprint density at radius 3 is 2.67 bits per heavy atom. The van der Waals surface area contributed by atoms with Crippen LogP contribution in [0, 0.1) is 13.8 Å². The fourth-order valence-electron chi connectivity index (χ4n) is 0.943. The van der Waals surface area contributed by atoms with Gasteiger partial charge in [-0.3, -0.25) is 0 Å². The minimum absolute atomic E-state index is 0.0590. The topological polar surface area (TPSA) is 35.2 Å². The molecule has 0 atom stereocenters. The van der Waals surface area contributed by atoms with E-state index >= 15 is 0 Å². The van der Waals surface area contributed by atoms with Crippen molar-refractivity contribution in [2.24, 2.45) is 5.73 Å². The smallest absolute Gasteiger partial charge is 0.259 e. The summed E-state index contributed by atoms with van der Waals surface area (Å²) in [6, 6.07) is 5.78. The summed E-state index contributed by atoms with van der Waals surface area (Å²) in [5, 5.41) is 0.0590. The zero-order chi connectivity index (χ0) is 9.14. The zero-order valence-electron chi connectivity index (χ0n) is 7.13. The van der Waals surface area contributed by atoms with Crippen LogP contribution in [0.15, 0.2) is 18.2 Å². The summed E-state index contributed by atoms with van der Waals surface area (Å²) in [5.41, 5.74) is 7.50. The summed E-state index contributed by atoms with van der Waals surface area (Å²) < 4.78 is 5.14. The Bertz CT molecular complexity index is 309. The fourth-order valence-corrected chi connectivity index (χ4v) is 1.03. The van der Waals surface area contributed by atoms with Crippen LogP contribution in [0.4, 0.5) is 0 Å². The van der Waals surface area contributed by atoms with E-state index in [4.69, 9.17) is 10.5 Å². The summed E-state index contributed by atoms with van der Waals surface area (Å²) in [4.78, 5) is 0. The second kappa shape index (κ2) is 3.54. The number of ether oxygens (including phenoxy) is 1. The lowest BCUT2D eigenvalue weighted by molar-refractivity contribution is 0.552. The van der Waals surface area contributed by atoms with Crippen molar-refractivity contribution in [2.45, 2.75) is 13.8 Å². The van der Waals surface area contributed by atoms with Crippen LogP contribution in [0.1, 0.15) is 11.1 Å². The molecule has 0 aliphatic rings. The van der Waals surface area contributed by atoms with Crippen LogP contribution in [-0.2, 0) is 0 Å². The van der Waals surface area contributed by atoms with Crippen molar-refractivity contribution < 1.29 is 4.74 Å². The van der Waals surface area contributed by atoms with Crippen LogP contribution >= 0.6 is 12.2 Å². The first-order valence-corrected chi connectivity index (χ1v) is 4.05. The van der Waals surface area contributed by atoms with Crippen LogP contribution in [0.5, 0.6) is 5.75 Å². The minimum Gasteiger partial charge on any atom is -0.432 e. The standard InChI is InChI=1S/C9H11NOS/c1-6-4-3-5-8(7(6)2)11-9(10)12/h3-5H,1-2H3,(H2,10,12). The van der Waals surface area contributed by atoms with E-state index in [0.717, 1.165) is 11.3 Å². The molecule has 0 saturated heterocycles. The number of benzene rings is 1. The SMILES string of the molecule is Cc1cccc(OC(N)=S)c1C. The molecule has 0 amide bonds. The summed E-state index contributed by atoms with van der Waals surface area (Å²) in [6.07, 6.45) is 0. The molecule has 12 heavy (non-hydrogen) atoms. The molecule has 3 heteroatoms. The molecule has 0 unspecified atom stereocenters. The lowest BCUT2D eigenvalue weighted by atomic mass is 10.1. The van der Waals surface area contributed by atoms with Gasteiger partial charge in [-0.2, -0.15) is 0 Å². The largest absolute Gasteiger partial charge is 0.432 e. The molecule has 1 rings (SSSR count). The molecule has 0 heterocycles. The molecule has 64 valence electrons. The first kappa shape index (κ1) is 9.00. The molecule has 0 aliphatic carbocycles. The van der Waals surface area contributed by atoms with Gasteiger partial charge in [-0.05, 0) is 43.3 Å². The monoisotopic (exact) mass is 181 g/mol. The third-order valence-electron chi connectivity index (χ3n) is 1.77. The van der Waals surface area contributed by atoms with Crippen LogP contribution in [0.2, 0.25) is 0 Å². The lowest BCUT2D eigenvalue weighted by Gasteiger charge is -2.07. The maximum atomic E-state index is 5.25. The van der Waals surface area contributed by atoms with Gasteiger partial charge in [0.1, 0.15) is 5.75 Å². The first-order chi connectivity index (χ1) is 5.61. The van der Waals surface area contributed by atoms with Gasteiger partial charge in [-0.1, -0.05) is 12.1 Å². The van der Waals surface area contributed by atoms with E-state index in [1.165, 1.54) is 5.56 Å². The first-order valence-electron chi connectivity index (χ1n) is 3.65. The normalized spacial score (nSPS) is 9.50. The second-order valence-corrected chi connectivity index (χ2v) is 3.02. The van der Waals surface area contributed by atoms with Gasteiger partial charge in [0.15, 0.2) is 0 Å². The molecule has 2 nitrogen and oxygen atoms in total. The minimum atomic E-state index is 0.0590. The number of thiocarbonyl (C=S) groups is 1. The van der Waals surface area contributed by atoms with Gasteiger partial charge < -0.3 is 10.5 Å². The molecule has 0 aliphatic heterocycles. The Morgan fingerprint density at radius 2 is 2.08 bits per heavy atom. The molecule has 2 N–H and O–H groups in total. The molecule has 0 radical (unpaired) electrons. The van der Waals surface area contributed by atoms with Crippen molar-refractivity contribution in [3.8, 4) is 5.75 Å². The number of hydrogen-bond acceptors (Lipinski definition) is 2. The third kappa shape index (κ3) is 1.95. The van der Waals surface area contributed by atoms with Gasteiger partial charge in [0.25, 0.3) is 5.17 Å². The van der Waals surface area contributed by atoms with E-state index in [0.29, 0.717) is 0 Å². The van der Waals surface area contributed by atoms with Crippen molar-refractivity contribution in [1.29, 1.82) is 0 Å². The second-order valence-electron chi connectivity index (χ2n) is 2.62. The predicted molar refractivity (Wildman–Crippen MR) is 53.3 cm³/mol. The van der Waals surface area contributed by atoms with Crippen molar-refractivity contribution in [3.05, 3.63) is 29.3 Å². The Morgan fingerprint density at radius 1 is 1.42 bits per heavy atom. The summed E-state index contributed by atoms with van der Waals surface area (Å²) >= 11 is 4.64. The van der Waals surface area contributed by atoms with Crippen LogP contribution < -0.4 is 10.5 Å². The van der Waals surface area contributed by atoms with Crippen LogP contribution in [-0.4, -0.2) is 5.17 Å². The Labute approximate surface area is 77.3 Å². The van der Waals surface area contributed by atoms with E-state index in [1.54, 1.807) is 0 Å². The Balaban J connectivity index is 3.00. The van der Waals surface area contributed by atoms with E-state index in [-0.39, 0.29) is 5.17 Å². The number of hydrogen-bond donors (Lipinski definition) is 1. The average molecular weight is 181 g/mol. The van der Waals surface area contributed by atoms with Gasteiger partial charge in [-0.15, -0.1) is 0 Å². The highest BCUT2D eigenvalue weighted by molar-refractivity contribution is 7.80. The molecule has 1 aromatic rings.